The summed E-state index contributed by atoms with van der Waals surface area (Å²) in [6, 6.07) is 21.4. The van der Waals surface area contributed by atoms with Gasteiger partial charge in [0.25, 0.3) is 8.32 Å². The first kappa shape index (κ1) is 26.1. The minimum atomic E-state index is -2.47. The highest BCUT2D eigenvalue weighted by Gasteiger charge is 2.49. The number of hydrogen-bond acceptors (Lipinski definition) is 3. The molecule has 0 saturated heterocycles. The summed E-state index contributed by atoms with van der Waals surface area (Å²) < 4.78 is 18.3. The summed E-state index contributed by atoms with van der Waals surface area (Å²) in [4.78, 5) is 0. The van der Waals surface area contributed by atoms with Crippen LogP contribution in [0.3, 0.4) is 0 Å². The van der Waals surface area contributed by atoms with Crippen molar-refractivity contribution in [3.05, 3.63) is 60.7 Å². The molecule has 0 radical (unpaired) electrons. The van der Waals surface area contributed by atoms with Crippen molar-refractivity contribution in [3.63, 3.8) is 0 Å². The van der Waals surface area contributed by atoms with E-state index in [1.807, 2.05) is 0 Å². The molecule has 0 aliphatic heterocycles. The fraction of sp³-hybridized carbons (Fsp3) is 0.538. The average molecular weight is 463 g/mol. The highest BCUT2D eigenvalue weighted by Crippen LogP contribution is 2.36. The highest BCUT2D eigenvalue weighted by molar-refractivity contribution is 6.99. The van der Waals surface area contributed by atoms with Crippen LogP contribution in [-0.4, -0.2) is 47.2 Å². The molecule has 0 bridgehead atoms. The van der Waals surface area contributed by atoms with Crippen LogP contribution >= 0.6 is 11.6 Å². The van der Waals surface area contributed by atoms with Gasteiger partial charge in [0.1, 0.15) is 0 Å². The van der Waals surface area contributed by atoms with E-state index in [0.29, 0.717) is 26.4 Å². The van der Waals surface area contributed by atoms with E-state index >= 15 is 0 Å². The number of hydrogen-bond donors (Lipinski definition) is 0. The molecule has 0 amide bonds. The molecule has 0 aliphatic rings. The first-order chi connectivity index (χ1) is 15.0. The molecule has 0 aromatic heterocycles. The van der Waals surface area contributed by atoms with E-state index in [9.17, 15) is 0 Å². The lowest BCUT2D eigenvalue weighted by Gasteiger charge is -2.43. The Morgan fingerprint density at radius 3 is 1.65 bits per heavy atom. The van der Waals surface area contributed by atoms with E-state index in [4.69, 9.17) is 25.5 Å². The fourth-order valence-electron chi connectivity index (χ4n) is 3.99. The van der Waals surface area contributed by atoms with E-state index < -0.39 is 8.32 Å². The normalized spacial score (nSPS) is 12.3. The number of ether oxygens (including phenoxy) is 2. The van der Waals surface area contributed by atoms with Crippen molar-refractivity contribution < 1.29 is 13.9 Å². The van der Waals surface area contributed by atoms with Crippen LogP contribution < -0.4 is 10.4 Å². The lowest BCUT2D eigenvalue weighted by Crippen LogP contribution is -2.66. The van der Waals surface area contributed by atoms with E-state index in [-0.39, 0.29) is 5.04 Å². The molecule has 3 nitrogen and oxygen atoms in total. The maximum Gasteiger partial charge on any atom is 0.261 e. The molecule has 2 aromatic rings. The maximum absolute atomic E-state index is 6.81. The van der Waals surface area contributed by atoms with Crippen molar-refractivity contribution in [2.24, 2.45) is 0 Å². The Bertz CT molecular complexity index is 664. The Kier molecular flexibility index (Phi) is 11.8. The summed E-state index contributed by atoms with van der Waals surface area (Å²) >= 11 is 5.69. The van der Waals surface area contributed by atoms with E-state index in [1.165, 1.54) is 23.2 Å². The summed E-state index contributed by atoms with van der Waals surface area (Å²) in [6.45, 7) is 10.1. The number of unbranched alkanes of at least 4 members (excludes halogenated alkanes) is 3. The number of rotatable bonds is 15. The Balaban J connectivity index is 1.88. The van der Waals surface area contributed by atoms with Crippen LogP contribution in [0.1, 0.15) is 46.5 Å². The first-order valence-electron chi connectivity index (χ1n) is 11.5. The van der Waals surface area contributed by atoms with Crippen LogP contribution in [0.25, 0.3) is 0 Å². The van der Waals surface area contributed by atoms with Crippen molar-refractivity contribution in [2.45, 2.75) is 51.5 Å². The maximum atomic E-state index is 6.81. The standard InChI is InChI=1S/C26H39ClO3Si/c1-26(2,3)31(24-14-8-6-9-15-24,25-16-10-7-11-17-25)30-23-22-29-21-20-28-19-13-5-4-12-18-27/h6-11,14-17H,4-5,12-13,18-23H2,1-3H3. The Labute approximate surface area is 195 Å². The van der Waals surface area contributed by atoms with Gasteiger partial charge in [-0.05, 0) is 28.3 Å². The summed E-state index contributed by atoms with van der Waals surface area (Å²) in [5, 5.41) is 2.58. The summed E-state index contributed by atoms with van der Waals surface area (Å²) in [6.07, 6.45) is 4.55. The van der Waals surface area contributed by atoms with Crippen molar-refractivity contribution >= 4 is 30.3 Å². The molecule has 0 saturated carbocycles. The van der Waals surface area contributed by atoms with Crippen molar-refractivity contribution in [2.75, 3.05) is 38.9 Å². The zero-order valence-electron chi connectivity index (χ0n) is 19.4. The molecule has 0 unspecified atom stereocenters. The molecule has 2 aromatic carbocycles. The topological polar surface area (TPSA) is 27.7 Å². The molecule has 0 N–H and O–H groups in total. The molecule has 0 aliphatic carbocycles. The molecule has 2 rings (SSSR count). The minimum Gasteiger partial charge on any atom is -0.405 e. The first-order valence-corrected chi connectivity index (χ1v) is 13.9. The quantitative estimate of drug-likeness (QED) is 0.201. The van der Waals surface area contributed by atoms with Crippen molar-refractivity contribution in [3.8, 4) is 0 Å². The van der Waals surface area contributed by atoms with Crippen molar-refractivity contribution in [1.29, 1.82) is 0 Å². The molecule has 0 spiro atoms. The van der Waals surface area contributed by atoms with E-state index in [1.54, 1.807) is 0 Å². The molecule has 5 heteroatoms. The molecule has 31 heavy (non-hydrogen) atoms. The van der Waals surface area contributed by atoms with Crippen LogP contribution in [0.5, 0.6) is 0 Å². The zero-order valence-corrected chi connectivity index (χ0v) is 21.2. The van der Waals surface area contributed by atoms with Gasteiger partial charge in [-0.15, -0.1) is 11.6 Å². The predicted octanol–water partition coefficient (Wildman–Crippen LogP) is 5.40. The van der Waals surface area contributed by atoms with Crippen molar-refractivity contribution in [1.82, 2.24) is 0 Å². The Hall–Kier alpha value is -1.17. The molecule has 0 fully saturated rings. The second-order valence-electron chi connectivity index (χ2n) is 8.84. The van der Waals surface area contributed by atoms with Crippen LogP contribution in [0.2, 0.25) is 5.04 Å². The average Bonchev–Trinajstić information content (AvgIpc) is 2.77. The molecule has 0 atom stereocenters. The van der Waals surface area contributed by atoms with Gasteiger partial charge in [-0.2, -0.15) is 0 Å². The Morgan fingerprint density at radius 2 is 1.13 bits per heavy atom. The van der Waals surface area contributed by atoms with Crippen LogP contribution in [0.15, 0.2) is 60.7 Å². The zero-order chi connectivity index (χ0) is 22.4. The summed E-state index contributed by atoms with van der Waals surface area (Å²) in [7, 11) is -2.47. The molecule has 0 heterocycles. The number of benzene rings is 2. The van der Waals surface area contributed by atoms with Gasteiger partial charge in [0.15, 0.2) is 0 Å². The van der Waals surface area contributed by atoms with Crippen LogP contribution in [-0.2, 0) is 13.9 Å². The monoisotopic (exact) mass is 462 g/mol. The SMILES string of the molecule is CC(C)(C)[Si](OCCOCCOCCCCCCCl)(c1ccccc1)c1ccccc1. The minimum absolute atomic E-state index is 0.0116. The summed E-state index contributed by atoms with van der Waals surface area (Å²) in [5.74, 6) is 0.755. The van der Waals surface area contributed by atoms with Gasteiger partial charge in [-0.25, -0.2) is 0 Å². The van der Waals surface area contributed by atoms with Crippen LogP contribution in [0.4, 0.5) is 0 Å². The molecule has 172 valence electrons. The number of alkyl halides is 1. The second-order valence-corrected chi connectivity index (χ2v) is 13.5. The highest BCUT2D eigenvalue weighted by atomic mass is 35.5. The molecular weight excluding hydrogens is 424 g/mol. The third-order valence-corrected chi connectivity index (χ3v) is 10.8. The van der Waals surface area contributed by atoms with Gasteiger partial charge in [-0.3, -0.25) is 0 Å². The third kappa shape index (κ3) is 8.03. The van der Waals surface area contributed by atoms with E-state index in [0.717, 1.165) is 25.3 Å². The Morgan fingerprint density at radius 1 is 0.645 bits per heavy atom. The van der Waals surface area contributed by atoms with Gasteiger partial charge in [-0.1, -0.05) is 94.3 Å². The van der Waals surface area contributed by atoms with Gasteiger partial charge in [0.2, 0.25) is 0 Å². The lowest BCUT2D eigenvalue weighted by atomic mass is 10.2. The van der Waals surface area contributed by atoms with Gasteiger partial charge in [0.05, 0.1) is 26.4 Å². The van der Waals surface area contributed by atoms with Gasteiger partial charge < -0.3 is 13.9 Å². The predicted molar refractivity (Wildman–Crippen MR) is 134 cm³/mol. The second kappa shape index (κ2) is 14.1. The summed E-state index contributed by atoms with van der Waals surface area (Å²) in [5.41, 5.74) is 0. The van der Waals surface area contributed by atoms with Crippen LogP contribution in [0, 0.1) is 0 Å². The van der Waals surface area contributed by atoms with Gasteiger partial charge in [0, 0.05) is 12.5 Å². The lowest BCUT2D eigenvalue weighted by molar-refractivity contribution is 0.0341. The number of halogens is 1. The molecular formula is C26H39ClO3Si. The largest absolute Gasteiger partial charge is 0.405 e. The third-order valence-electron chi connectivity index (χ3n) is 5.51. The van der Waals surface area contributed by atoms with E-state index in [2.05, 4.69) is 81.4 Å². The fourth-order valence-corrected chi connectivity index (χ4v) is 8.72. The smallest absolute Gasteiger partial charge is 0.261 e. The van der Waals surface area contributed by atoms with Gasteiger partial charge >= 0.3 is 0 Å².